The van der Waals surface area contributed by atoms with Crippen molar-refractivity contribution < 1.29 is 9.53 Å². The predicted octanol–water partition coefficient (Wildman–Crippen LogP) is 4.39. The zero-order chi connectivity index (χ0) is 13.1. The number of hydrogen-bond donors (Lipinski definition) is 0. The zero-order valence-corrected chi connectivity index (χ0v) is 12.6. The highest BCUT2D eigenvalue weighted by molar-refractivity contribution is 9.10. The van der Waals surface area contributed by atoms with Crippen molar-refractivity contribution in [3.8, 4) is 5.75 Å². The summed E-state index contributed by atoms with van der Waals surface area (Å²) in [5.74, 6) is 0.762. The van der Waals surface area contributed by atoms with Gasteiger partial charge >= 0.3 is 0 Å². The summed E-state index contributed by atoms with van der Waals surface area (Å²) in [6.07, 6.45) is 0. The third kappa shape index (κ3) is 3.21. The van der Waals surface area contributed by atoms with E-state index in [1.54, 1.807) is 0 Å². The summed E-state index contributed by atoms with van der Waals surface area (Å²) in [6.45, 7) is 4.03. The molecular weight excluding hydrogens is 312 g/mol. The fourth-order valence-electron chi connectivity index (χ4n) is 1.53. The molecule has 94 valence electrons. The lowest BCUT2D eigenvalue weighted by molar-refractivity contribution is 0.0925. The van der Waals surface area contributed by atoms with Crippen LogP contribution in [0.2, 0.25) is 0 Å². The molecule has 1 aromatic heterocycles. The monoisotopic (exact) mass is 324 g/mol. The van der Waals surface area contributed by atoms with Gasteiger partial charge in [0.2, 0.25) is 5.78 Å². The van der Waals surface area contributed by atoms with Crippen molar-refractivity contribution >= 4 is 33.0 Å². The molecular formula is C14H13BrO2S. The molecule has 0 saturated heterocycles. The van der Waals surface area contributed by atoms with E-state index >= 15 is 0 Å². The number of benzene rings is 1. The van der Waals surface area contributed by atoms with Gasteiger partial charge in [0.05, 0.1) is 4.88 Å². The van der Waals surface area contributed by atoms with Crippen LogP contribution < -0.4 is 4.74 Å². The molecule has 2 rings (SSSR count). The number of thiophene rings is 1. The normalized spacial score (nSPS) is 10.4. The summed E-state index contributed by atoms with van der Waals surface area (Å²) in [7, 11) is 0. The molecule has 4 heteroatoms. The molecule has 0 saturated carbocycles. The summed E-state index contributed by atoms with van der Waals surface area (Å²) in [5.41, 5.74) is 1.02. The fourth-order valence-corrected chi connectivity index (χ4v) is 2.66. The van der Waals surface area contributed by atoms with Gasteiger partial charge in [0, 0.05) is 9.35 Å². The van der Waals surface area contributed by atoms with Crippen molar-refractivity contribution in [2.45, 2.75) is 13.8 Å². The van der Waals surface area contributed by atoms with E-state index in [1.165, 1.54) is 11.3 Å². The summed E-state index contributed by atoms with van der Waals surface area (Å²) >= 11 is 4.89. The number of hydrogen-bond acceptors (Lipinski definition) is 3. The molecule has 0 aliphatic carbocycles. The van der Waals surface area contributed by atoms with Crippen LogP contribution in [-0.2, 0) is 0 Å². The standard InChI is InChI=1S/C14H13BrO2S/c1-9-3-5-11(15)7-13(9)17-8-12(16)14-6-4-10(2)18-14/h3-7H,8H2,1-2H3. The first kappa shape index (κ1) is 13.3. The molecule has 1 heterocycles. The lowest BCUT2D eigenvalue weighted by Crippen LogP contribution is -2.10. The van der Waals surface area contributed by atoms with Crippen molar-refractivity contribution in [2.75, 3.05) is 6.61 Å². The van der Waals surface area contributed by atoms with Gasteiger partial charge in [-0.15, -0.1) is 11.3 Å². The molecule has 2 aromatic rings. The Morgan fingerprint density at radius 2 is 2.06 bits per heavy atom. The Hall–Kier alpha value is -1.13. The number of ether oxygens (including phenoxy) is 1. The van der Waals surface area contributed by atoms with E-state index in [0.717, 1.165) is 25.5 Å². The number of carbonyl (C=O) groups is 1. The first-order valence-corrected chi connectivity index (χ1v) is 7.16. The molecule has 18 heavy (non-hydrogen) atoms. The molecule has 2 nitrogen and oxygen atoms in total. The van der Waals surface area contributed by atoms with Crippen LogP contribution in [0.15, 0.2) is 34.8 Å². The van der Waals surface area contributed by atoms with E-state index in [0.29, 0.717) is 0 Å². The van der Waals surface area contributed by atoms with Gasteiger partial charge < -0.3 is 4.74 Å². The van der Waals surface area contributed by atoms with Crippen LogP contribution in [0.1, 0.15) is 20.1 Å². The first-order valence-electron chi connectivity index (χ1n) is 5.55. The molecule has 0 fully saturated rings. The average Bonchev–Trinajstić information content (AvgIpc) is 2.77. The van der Waals surface area contributed by atoms with Crippen LogP contribution in [0.3, 0.4) is 0 Å². The molecule has 0 aliphatic heterocycles. The van der Waals surface area contributed by atoms with Crippen LogP contribution in [0.5, 0.6) is 5.75 Å². The van der Waals surface area contributed by atoms with E-state index < -0.39 is 0 Å². The minimum Gasteiger partial charge on any atom is -0.485 e. The van der Waals surface area contributed by atoms with Gasteiger partial charge in [0.1, 0.15) is 5.75 Å². The fraction of sp³-hybridized carbons (Fsp3) is 0.214. The van der Waals surface area contributed by atoms with E-state index in [4.69, 9.17) is 4.74 Å². The number of halogens is 1. The van der Waals surface area contributed by atoms with E-state index in [-0.39, 0.29) is 12.4 Å². The van der Waals surface area contributed by atoms with Gasteiger partial charge in [0.25, 0.3) is 0 Å². The second kappa shape index (κ2) is 5.67. The molecule has 0 bridgehead atoms. The lowest BCUT2D eigenvalue weighted by Gasteiger charge is -2.08. The molecule has 0 amide bonds. The van der Waals surface area contributed by atoms with Gasteiger partial charge in [-0.1, -0.05) is 22.0 Å². The summed E-state index contributed by atoms with van der Waals surface area (Å²) in [5, 5.41) is 0. The highest BCUT2D eigenvalue weighted by Crippen LogP contribution is 2.23. The van der Waals surface area contributed by atoms with E-state index in [2.05, 4.69) is 15.9 Å². The maximum Gasteiger partial charge on any atom is 0.210 e. The van der Waals surface area contributed by atoms with Crippen molar-refractivity contribution in [1.29, 1.82) is 0 Å². The largest absolute Gasteiger partial charge is 0.485 e. The SMILES string of the molecule is Cc1ccc(C(=O)COc2cc(Br)ccc2C)s1. The predicted molar refractivity (Wildman–Crippen MR) is 77.8 cm³/mol. The van der Waals surface area contributed by atoms with Crippen molar-refractivity contribution in [3.63, 3.8) is 0 Å². The quantitative estimate of drug-likeness (QED) is 0.780. The van der Waals surface area contributed by atoms with Gasteiger partial charge in [-0.3, -0.25) is 4.79 Å². The van der Waals surface area contributed by atoms with Crippen LogP contribution in [-0.4, -0.2) is 12.4 Å². The Bertz CT molecular complexity index is 575. The van der Waals surface area contributed by atoms with Gasteiger partial charge in [-0.05, 0) is 43.7 Å². The minimum atomic E-state index is 0.0208. The van der Waals surface area contributed by atoms with Crippen molar-refractivity contribution in [2.24, 2.45) is 0 Å². The Balaban J connectivity index is 2.03. The summed E-state index contributed by atoms with van der Waals surface area (Å²) < 4.78 is 6.52. The van der Waals surface area contributed by atoms with Gasteiger partial charge in [0.15, 0.2) is 6.61 Å². The Morgan fingerprint density at radius 1 is 1.28 bits per heavy atom. The summed E-state index contributed by atoms with van der Waals surface area (Å²) in [6, 6.07) is 9.58. The first-order chi connectivity index (χ1) is 8.56. The summed E-state index contributed by atoms with van der Waals surface area (Å²) in [4.78, 5) is 13.8. The van der Waals surface area contributed by atoms with Crippen LogP contribution in [0, 0.1) is 13.8 Å². The highest BCUT2D eigenvalue weighted by Gasteiger charge is 2.10. The maximum atomic E-state index is 11.9. The number of ketones is 1. The maximum absolute atomic E-state index is 11.9. The number of carbonyl (C=O) groups excluding carboxylic acids is 1. The number of rotatable bonds is 4. The zero-order valence-electron chi connectivity index (χ0n) is 10.2. The van der Waals surface area contributed by atoms with Gasteiger partial charge in [-0.2, -0.15) is 0 Å². The highest BCUT2D eigenvalue weighted by atomic mass is 79.9. The molecule has 0 spiro atoms. The molecule has 1 aromatic carbocycles. The smallest absolute Gasteiger partial charge is 0.210 e. The van der Waals surface area contributed by atoms with Gasteiger partial charge in [-0.25, -0.2) is 0 Å². The third-order valence-electron chi connectivity index (χ3n) is 2.52. The second-order valence-corrected chi connectivity index (χ2v) is 6.24. The van der Waals surface area contributed by atoms with Crippen molar-refractivity contribution in [1.82, 2.24) is 0 Å². The molecule has 0 N–H and O–H groups in total. The van der Waals surface area contributed by atoms with E-state index in [1.807, 2.05) is 44.2 Å². The number of aryl methyl sites for hydroxylation is 2. The van der Waals surface area contributed by atoms with Crippen molar-refractivity contribution in [3.05, 3.63) is 50.1 Å². The second-order valence-electron chi connectivity index (χ2n) is 4.03. The molecule has 0 unspecified atom stereocenters. The Kier molecular flexibility index (Phi) is 4.19. The third-order valence-corrected chi connectivity index (χ3v) is 4.06. The number of Topliss-reactive ketones (excluding diaryl/α,β-unsaturated/α-hetero) is 1. The molecule has 0 aliphatic rings. The van der Waals surface area contributed by atoms with Crippen LogP contribution in [0.4, 0.5) is 0 Å². The lowest BCUT2D eigenvalue weighted by atomic mass is 10.2. The minimum absolute atomic E-state index is 0.0208. The Morgan fingerprint density at radius 3 is 2.72 bits per heavy atom. The van der Waals surface area contributed by atoms with E-state index in [9.17, 15) is 4.79 Å². The average molecular weight is 325 g/mol. The van der Waals surface area contributed by atoms with Crippen LogP contribution >= 0.6 is 27.3 Å². The topological polar surface area (TPSA) is 26.3 Å². The van der Waals surface area contributed by atoms with Crippen LogP contribution in [0.25, 0.3) is 0 Å². The Labute approximate surface area is 119 Å². The molecule has 0 radical (unpaired) electrons. The molecule has 0 atom stereocenters.